The van der Waals surface area contributed by atoms with Crippen LogP contribution in [0.15, 0.2) is 54.7 Å². The molecule has 6 nitrogen and oxygen atoms in total. The quantitative estimate of drug-likeness (QED) is 0.665. The second kappa shape index (κ2) is 8.16. The van der Waals surface area contributed by atoms with E-state index in [1.165, 1.54) is 18.3 Å². The van der Waals surface area contributed by atoms with Crippen molar-refractivity contribution in [1.82, 2.24) is 15.3 Å². The van der Waals surface area contributed by atoms with Crippen molar-refractivity contribution in [2.45, 2.75) is 6.92 Å². The van der Waals surface area contributed by atoms with E-state index in [1.54, 1.807) is 13.0 Å². The van der Waals surface area contributed by atoms with Crippen molar-refractivity contribution in [3.8, 4) is 11.3 Å². The van der Waals surface area contributed by atoms with Gasteiger partial charge in [0.05, 0.1) is 33.2 Å². The van der Waals surface area contributed by atoms with Gasteiger partial charge in [0.1, 0.15) is 0 Å². The number of imide groups is 1. The zero-order valence-electron chi connectivity index (χ0n) is 14.2. The maximum atomic E-state index is 12.2. The fraction of sp³-hybridized carbons (Fsp3) is 0.0526. The highest BCUT2D eigenvalue weighted by molar-refractivity contribution is 6.40. The SMILES string of the molecule is Cc1nc(NC(=O)NC(=O)c2c(Cl)cccc2Cl)cnc1-c1ccccc1. The first-order valence-electron chi connectivity index (χ1n) is 7.91. The number of hydrogen-bond donors (Lipinski definition) is 2. The van der Waals surface area contributed by atoms with Crippen molar-refractivity contribution in [3.05, 3.63) is 76.0 Å². The number of nitrogens with one attached hydrogen (secondary N) is 2. The molecule has 136 valence electrons. The van der Waals surface area contributed by atoms with Crippen molar-refractivity contribution < 1.29 is 9.59 Å². The summed E-state index contributed by atoms with van der Waals surface area (Å²) < 4.78 is 0. The first-order chi connectivity index (χ1) is 13.0. The van der Waals surface area contributed by atoms with Gasteiger partial charge in [0.15, 0.2) is 5.82 Å². The van der Waals surface area contributed by atoms with Crippen molar-refractivity contribution in [2.24, 2.45) is 0 Å². The van der Waals surface area contributed by atoms with E-state index in [2.05, 4.69) is 20.6 Å². The average Bonchev–Trinajstić information content (AvgIpc) is 2.62. The largest absolute Gasteiger partial charge is 0.327 e. The Hall–Kier alpha value is -2.96. The molecule has 0 bridgehead atoms. The first-order valence-corrected chi connectivity index (χ1v) is 8.66. The number of benzene rings is 2. The summed E-state index contributed by atoms with van der Waals surface area (Å²) in [7, 11) is 0. The molecule has 0 unspecified atom stereocenters. The molecule has 27 heavy (non-hydrogen) atoms. The van der Waals surface area contributed by atoms with Gasteiger partial charge < -0.3 is 0 Å². The number of anilines is 1. The van der Waals surface area contributed by atoms with Crippen LogP contribution in [0.25, 0.3) is 11.3 Å². The van der Waals surface area contributed by atoms with Gasteiger partial charge in [-0.15, -0.1) is 0 Å². The minimum absolute atomic E-state index is 0.0256. The number of aromatic nitrogens is 2. The highest BCUT2D eigenvalue weighted by atomic mass is 35.5. The van der Waals surface area contributed by atoms with E-state index in [0.29, 0.717) is 11.4 Å². The second-order valence-corrected chi connectivity index (χ2v) is 6.37. The maximum absolute atomic E-state index is 12.2. The van der Waals surface area contributed by atoms with E-state index in [1.807, 2.05) is 30.3 Å². The summed E-state index contributed by atoms with van der Waals surface area (Å²) in [5.41, 5.74) is 2.29. The summed E-state index contributed by atoms with van der Waals surface area (Å²) in [5.74, 6) is -0.503. The van der Waals surface area contributed by atoms with Crippen LogP contribution in [0, 0.1) is 6.92 Å². The summed E-state index contributed by atoms with van der Waals surface area (Å²) in [5, 5.41) is 4.93. The number of urea groups is 1. The van der Waals surface area contributed by atoms with Gasteiger partial charge in [-0.3, -0.25) is 20.4 Å². The van der Waals surface area contributed by atoms with Crippen LogP contribution in [-0.4, -0.2) is 21.9 Å². The maximum Gasteiger partial charge on any atom is 0.327 e. The molecule has 2 aromatic carbocycles. The van der Waals surface area contributed by atoms with Gasteiger partial charge in [-0.2, -0.15) is 0 Å². The Labute approximate surface area is 165 Å². The first kappa shape index (κ1) is 18.8. The average molecular weight is 401 g/mol. The number of rotatable bonds is 3. The smallest absolute Gasteiger partial charge is 0.291 e. The summed E-state index contributed by atoms with van der Waals surface area (Å²) in [6, 6.07) is 13.4. The molecule has 8 heteroatoms. The van der Waals surface area contributed by atoms with Crippen molar-refractivity contribution in [1.29, 1.82) is 0 Å². The molecular weight excluding hydrogens is 387 g/mol. The predicted octanol–water partition coefficient (Wildman–Crippen LogP) is 4.72. The number of carbonyl (C=O) groups is 2. The van der Waals surface area contributed by atoms with E-state index in [9.17, 15) is 9.59 Å². The highest BCUT2D eigenvalue weighted by Gasteiger charge is 2.17. The summed E-state index contributed by atoms with van der Waals surface area (Å²) in [6.45, 7) is 1.78. The molecule has 0 aliphatic heterocycles. The molecule has 0 radical (unpaired) electrons. The van der Waals surface area contributed by atoms with E-state index < -0.39 is 11.9 Å². The number of hydrogen-bond acceptors (Lipinski definition) is 4. The van der Waals surface area contributed by atoms with Gasteiger partial charge in [0.2, 0.25) is 0 Å². The molecule has 0 atom stereocenters. The van der Waals surface area contributed by atoms with Gasteiger partial charge in [-0.25, -0.2) is 9.78 Å². The third-order valence-corrected chi connectivity index (χ3v) is 4.28. The van der Waals surface area contributed by atoms with E-state index >= 15 is 0 Å². The lowest BCUT2D eigenvalue weighted by atomic mass is 10.1. The third-order valence-electron chi connectivity index (χ3n) is 3.65. The van der Waals surface area contributed by atoms with Crippen molar-refractivity contribution in [3.63, 3.8) is 0 Å². The lowest BCUT2D eigenvalue weighted by Gasteiger charge is -2.10. The molecule has 2 N–H and O–H groups in total. The summed E-state index contributed by atoms with van der Waals surface area (Å²) >= 11 is 11.9. The molecule has 0 aliphatic rings. The lowest BCUT2D eigenvalue weighted by Crippen LogP contribution is -2.35. The Morgan fingerprint density at radius 3 is 2.26 bits per heavy atom. The molecule has 0 saturated carbocycles. The Morgan fingerprint density at radius 1 is 0.963 bits per heavy atom. The molecular formula is C19H14Cl2N4O2. The van der Waals surface area contributed by atoms with Gasteiger partial charge in [-0.1, -0.05) is 59.6 Å². The van der Waals surface area contributed by atoms with Crippen LogP contribution < -0.4 is 10.6 Å². The zero-order valence-corrected chi connectivity index (χ0v) is 15.7. The lowest BCUT2D eigenvalue weighted by molar-refractivity contribution is 0.0967. The Morgan fingerprint density at radius 2 is 1.63 bits per heavy atom. The van der Waals surface area contributed by atoms with Crippen LogP contribution in [-0.2, 0) is 0 Å². The number of aryl methyl sites for hydroxylation is 1. The molecule has 1 heterocycles. The molecule has 1 aromatic heterocycles. The zero-order chi connectivity index (χ0) is 19.4. The topological polar surface area (TPSA) is 84.0 Å². The van der Waals surface area contributed by atoms with Crippen LogP contribution in [0.1, 0.15) is 16.1 Å². The Kier molecular flexibility index (Phi) is 5.69. The van der Waals surface area contributed by atoms with Crippen LogP contribution in [0.5, 0.6) is 0 Å². The van der Waals surface area contributed by atoms with E-state index in [-0.39, 0.29) is 21.4 Å². The third kappa shape index (κ3) is 4.42. The van der Waals surface area contributed by atoms with Crippen LogP contribution in [0.4, 0.5) is 10.6 Å². The number of nitrogens with zero attached hydrogens (tertiary/aromatic N) is 2. The van der Waals surface area contributed by atoms with Gasteiger partial charge in [0.25, 0.3) is 5.91 Å². The van der Waals surface area contributed by atoms with Crippen LogP contribution in [0.2, 0.25) is 10.0 Å². The van der Waals surface area contributed by atoms with Crippen molar-refractivity contribution in [2.75, 3.05) is 5.32 Å². The minimum atomic E-state index is -0.767. The number of amides is 3. The normalized spacial score (nSPS) is 10.3. The predicted molar refractivity (Wildman–Crippen MR) is 105 cm³/mol. The van der Waals surface area contributed by atoms with Gasteiger partial charge in [0, 0.05) is 5.56 Å². The molecule has 0 saturated heterocycles. The molecule has 0 fully saturated rings. The fourth-order valence-corrected chi connectivity index (χ4v) is 3.02. The molecule has 0 spiro atoms. The molecule has 3 aromatic rings. The standard InChI is InChI=1S/C19H14Cl2N4O2/c1-11-17(12-6-3-2-4-7-12)22-10-15(23-11)24-19(27)25-18(26)16-13(20)8-5-9-14(16)21/h2-10H,1H3,(H2,23,24,25,26,27). The van der Waals surface area contributed by atoms with E-state index in [4.69, 9.17) is 23.2 Å². The number of halogens is 2. The van der Waals surface area contributed by atoms with Crippen molar-refractivity contribution >= 4 is 41.0 Å². The summed E-state index contributed by atoms with van der Waals surface area (Å²) in [4.78, 5) is 32.9. The number of carbonyl (C=O) groups excluding carboxylic acids is 2. The summed E-state index contributed by atoms with van der Waals surface area (Å²) in [6.07, 6.45) is 1.42. The van der Waals surface area contributed by atoms with Gasteiger partial charge in [-0.05, 0) is 19.1 Å². The van der Waals surface area contributed by atoms with Crippen LogP contribution in [0.3, 0.4) is 0 Å². The second-order valence-electron chi connectivity index (χ2n) is 5.56. The Bertz CT molecular complexity index is 990. The fourth-order valence-electron chi connectivity index (χ4n) is 2.45. The molecule has 3 rings (SSSR count). The highest BCUT2D eigenvalue weighted by Crippen LogP contribution is 2.24. The Balaban J connectivity index is 1.71. The van der Waals surface area contributed by atoms with E-state index in [0.717, 1.165) is 5.56 Å². The minimum Gasteiger partial charge on any atom is -0.291 e. The molecule has 0 aliphatic carbocycles. The van der Waals surface area contributed by atoms with Crippen LogP contribution >= 0.6 is 23.2 Å². The molecule has 3 amide bonds. The monoisotopic (exact) mass is 400 g/mol. The van der Waals surface area contributed by atoms with Gasteiger partial charge >= 0.3 is 6.03 Å².